The first-order valence-corrected chi connectivity index (χ1v) is 6.66. The van der Waals surface area contributed by atoms with Crippen molar-refractivity contribution >= 4 is 11.0 Å². The van der Waals surface area contributed by atoms with Crippen molar-refractivity contribution in [3.63, 3.8) is 0 Å². The molecular formula is C16H17N3O2. The third-order valence-electron chi connectivity index (χ3n) is 3.45. The Morgan fingerprint density at radius 2 is 1.71 bits per heavy atom. The number of nitrogens with zero attached hydrogens (tertiary/aromatic N) is 1. The van der Waals surface area contributed by atoms with Crippen molar-refractivity contribution < 1.29 is 9.47 Å². The number of benzene rings is 2. The van der Waals surface area contributed by atoms with Crippen molar-refractivity contribution in [3.05, 3.63) is 42.0 Å². The van der Waals surface area contributed by atoms with E-state index in [1.165, 1.54) is 0 Å². The highest BCUT2D eigenvalue weighted by atomic mass is 16.5. The van der Waals surface area contributed by atoms with E-state index in [0.29, 0.717) is 18.0 Å². The summed E-state index contributed by atoms with van der Waals surface area (Å²) < 4.78 is 10.6. The van der Waals surface area contributed by atoms with Crippen molar-refractivity contribution in [2.45, 2.75) is 6.54 Å². The third kappa shape index (κ3) is 2.43. The Bertz CT molecular complexity index is 722. The summed E-state index contributed by atoms with van der Waals surface area (Å²) in [5.41, 5.74) is 9.47. The van der Waals surface area contributed by atoms with Gasteiger partial charge in [-0.05, 0) is 5.56 Å². The molecule has 1 aromatic heterocycles. The maximum atomic E-state index is 5.61. The van der Waals surface area contributed by atoms with Gasteiger partial charge >= 0.3 is 0 Å². The Kier molecular flexibility index (Phi) is 3.50. The van der Waals surface area contributed by atoms with E-state index in [2.05, 4.69) is 9.97 Å². The minimum absolute atomic E-state index is 0.537. The fraction of sp³-hybridized carbons (Fsp3) is 0.188. The van der Waals surface area contributed by atoms with Gasteiger partial charge in [0.1, 0.15) is 5.82 Å². The van der Waals surface area contributed by atoms with Crippen LogP contribution in [0, 0.1) is 0 Å². The van der Waals surface area contributed by atoms with Crippen LogP contribution in [-0.4, -0.2) is 24.2 Å². The number of H-pyrrole nitrogens is 1. The quantitative estimate of drug-likeness (QED) is 0.772. The van der Waals surface area contributed by atoms with Crippen molar-refractivity contribution in [1.82, 2.24) is 9.97 Å². The van der Waals surface area contributed by atoms with Crippen molar-refractivity contribution in [1.29, 1.82) is 0 Å². The summed E-state index contributed by atoms with van der Waals surface area (Å²) in [6.45, 7) is 0.537. The van der Waals surface area contributed by atoms with Crippen molar-refractivity contribution in [3.8, 4) is 22.9 Å². The molecule has 0 saturated carbocycles. The van der Waals surface area contributed by atoms with Gasteiger partial charge in [-0.1, -0.05) is 24.3 Å². The van der Waals surface area contributed by atoms with Crippen LogP contribution in [0.2, 0.25) is 0 Å². The molecule has 3 N–H and O–H groups in total. The number of nitrogens with one attached hydrogen (secondary N) is 1. The molecule has 3 rings (SSSR count). The lowest BCUT2D eigenvalue weighted by Gasteiger charge is -2.06. The van der Waals surface area contributed by atoms with Gasteiger partial charge in [0.15, 0.2) is 11.5 Å². The van der Waals surface area contributed by atoms with Gasteiger partial charge in [-0.25, -0.2) is 4.98 Å². The van der Waals surface area contributed by atoms with Gasteiger partial charge in [0, 0.05) is 24.2 Å². The number of aromatic amines is 1. The number of hydrogen-bond donors (Lipinski definition) is 2. The molecular weight excluding hydrogens is 266 g/mol. The Morgan fingerprint density at radius 1 is 1.05 bits per heavy atom. The molecule has 108 valence electrons. The van der Waals surface area contributed by atoms with Gasteiger partial charge in [-0.2, -0.15) is 0 Å². The molecule has 0 unspecified atom stereocenters. The van der Waals surface area contributed by atoms with Crippen LogP contribution in [0.15, 0.2) is 36.4 Å². The molecule has 0 spiro atoms. The Morgan fingerprint density at radius 3 is 2.33 bits per heavy atom. The normalized spacial score (nSPS) is 10.8. The lowest BCUT2D eigenvalue weighted by molar-refractivity contribution is 0.356. The van der Waals surface area contributed by atoms with E-state index in [4.69, 9.17) is 15.2 Å². The van der Waals surface area contributed by atoms with Crippen molar-refractivity contribution in [2.24, 2.45) is 5.73 Å². The molecule has 0 aliphatic carbocycles. The van der Waals surface area contributed by atoms with Gasteiger partial charge in [0.25, 0.3) is 0 Å². The molecule has 0 fully saturated rings. The predicted octanol–water partition coefficient (Wildman–Crippen LogP) is 2.71. The molecule has 2 aromatic carbocycles. The number of methoxy groups -OCH3 is 2. The Hall–Kier alpha value is -2.53. The lowest BCUT2D eigenvalue weighted by Crippen LogP contribution is -1.95. The van der Waals surface area contributed by atoms with Gasteiger partial charge < -0.3 is 20.2 Å². The average molecular weight is 283 g/mol. The van der Waals surface area contributed by atoms with Crippen LogP contribution in [0.3, 0.4) is 0 Å². The number of hydrogen-bond acceptors (Lipinski definition) is 4. The number of fused-ring (bicyclic) bond motifs is 1. The van der Waals surface area contributed by atoms with Crippen LogP contribution < -0.4 is 15.2 Å². The second kappa shape index (κ2) is 5.46. The summed E-state index contributed by atoms with van der Waals surface area (Å²) in [7, 11) is 3.23. The van der Waals surface area contributed by atoms with E-state index >= 15 is 0 Å². The number of ether oxygens (including phenoxy) is 2. The number of imidazole rings is 1. The zero-order valence-electron chi connectivity index (χ0n) is 12.0. The van der Waals surface area contributed by atoms with E-state index in [1.54, 1.807) is 14.2 Å². The van der Waals surface area contributed by atoms with Gasteiger partial charge in [0.2, 0.25) is 0 Å². The van der Waals surface area contributed by atoms with E-state index in [9.17, 15) is 0 Å². The molecule has 0 atom stereocenters. The summed E-state index contributed by atoms with van der Waals surface area (Å²) in [5.74, 6) is 2.16. The second-order valence-corrected chi connectivity index (χ2v) is 4.71. The molecule has 0 bridgehead atoms. The van der Waals surface area contributed by atoms with Gasteiger partial charge in [-0.3, -0.25) is 0 Å². The highest BCUT2D eigenvalue weighted by Crippen LogP contribution is 2.32. The summed E-state index contributed by atoms with van der Waals surface area (Å²) in [6.07, 6.45) is 0. The zero-order valence-corrected chi connectivity index (χ0v) is 12.0. The van der Waals surface area contributed by atoms with Crippen LogP contribution in [0.25, 0.3) is 22.4 Å². The lowest BCUT2D eigenvalue weighted by atomic mass is 10.1. The Labute approximate surface area is 122 Å². The minimum Gasteiger partial charge on any atom is -0.493 e. The molecule has 1 heterocycles. The molecule has 21 heavy (non-hydrogen) atoms. The van der Waals surface area contributed by atoms with Crippen LogP contribution in [0.5, 0.6) is 11.5 Å². The van der Waals surface area contributed by atoms with Crippen LogP contribution in [0.1, 0.15) is 5.56 Å². The molecule has 0 amide bonds. The average Bonchev–Trinajstić information content (AvgIpc) is 2.96. The van der Waals surface area contributed by atoms with E-state index in [-0.39, 0.29) is 0 Å². The summed E-state index contributed by atoms with van der Waals surface area (Å²) in [5, 5.41) is 0. The molecule has 3 aromatic rings. The largest absolute Gasteiger partial charge is 0.493 e. The molecule has 5 heteroatoms. The Balaban J connectivity index is 2.07. The summed E-state index contributed by atoms with van der Waals surface area (Å²) in [6, 6.07) is 11.8. The molecule has 0 saturated heterocycles. The fourth-order valence-corrected chi connectivity index (χ4v) is 2.27. The van der Waals surface area contributed by atoms with Crippen LogP contribution >= 0.6 is 0 Å². The third-order valence-corrected chi connectivity index (χ3v) is 3.45. The van der Waals surface area contributed by atoms with Gasteiger partial charge in [-0.15, -0.1) is 0 Å². The second-order valence-electron chi connectivity index (χ2n) is 4.71. The number of aromatic nitrogens is 2. The van der Waals surface area contributed by atoms with Gasteiger partial charge in [0.05, 0.1) is 25.3 Å². The molecule has 0 aliphatic rings. The molecule has 5 nitrogen and oxygen atoms in total. The molecule has 0 radical (unpaired) electrons. The standard InChI is InChI=1S/C16H17N3O2/c1-20-14-7-12-13(8-15(14)21-2)19-16(18-12)11-5-3-10(9-17)4-6-11/h3-8H,9,17H2,1-2H3,(H,18,19). The molecule has 0 aliphatic heterocycles. The number of rotatable bonds is 4. The topological polar surface area (TPSA) is 73.2 Å². The monoisotopic (exact) mass is 283 g/mol. The van der Waals surface area contributed by atoms with E-state index in [1.807, 2.05) is 36.4 Å². The maximum Gasteiger partial charge on any atom is 0.163 e. The van der Waals surface area contributed by atoms with E-state index < -0.39 is 0 Å². The van der Waals surface area contributed by atoms with Crippen LogP contribution in [-0.2, 0) is 6.54 Å². The smallest absolute Gasteiger partial charge is 0.163 e. The highest BCUT2D eigenvalue weighted by molar-refractivity contribution is 5.83. The fourth-order valence-electron chi connectivity index (χ4n) is 2.27. The van der Waals surface area contributed by atoms with Crippen LogP contribution in [0.4, 0.5) is 0 Å². The minimum atomic E-state index is 0.537. The highest BCUT2D eigenvalue weighted by Gasteiger charge is 2.10. The number of nitrogens with two attached hydrogens (primary N) is 1. The SMILES string of the molecule is COc1cc2nc(-c3ccc(CN)cc3)[nH]c2cc1OC. The van der Waals surface area contributed by atoms with E-state index in [0.717, 1.165) is 28.0 Å². The summed E-state index contributed by atoms with van der Waals surface area (Å²) in [4.78, 5) is 7.90. The first-order valence-electron chi connectivity index (χ1n) is 6.66. The predicted molar refractivity (Wildman–Crippen MR) is 82.5 cm³/mol. The first-order chi connectivity index (χ1) is 10.2. The summed E-state index contributed by atoms with van der Waals surface area (Å²) >= 11 is 0. The zero-order chi connectivity index (χ0) is 14.8. The maximum absolute atomic E-state index is 5.61. The first kappa shape index (κ1) is 13.5. The van der Waals surface area contributed by atoms with Crippen molar-refractivity contribution in [2.75, 3.05) is 14.2 Å².